The summed E-state index contributed by atoms with van der Waals surface area (Å²) in [5, 5.41) is -0.146. The van der Waals surface area contributed by atoms with Crippen LogP contribution in [0, 0.1) is 6.07 Å². The summed E-state index contributed by atoms with van der Waals surface area (Å²) in [7, 11) is 0. The number of rotatable bonds is 2. The number of alkyl halides is 8. The van der Waals surface area contributed by atoms with Crippen molar-refractivity contribution in [3.63, 3.8) is 0 Å². The van der Waals surface area contributed by atoms with Gasteiger partial charge in [0.05, 0.1) is 11.4 Å². The van der Waals surface area contributed by atoms with Gasteiger partial charge in [-0.2, -0.15) is 26.3 Å². The molecule has 1 radical (unpaired) electrons. The van der Waals surface area contributed by atoms with Gasteiger partial charge in [-0.05, 0) is 6.07 Å². The molecule has 0 saturated carbocycles. The van der Waals surface area contributed by atoms with Crippen LogP contribution in [0.4, 0.5) is 30.7 Å². The fourth-order valence-electron chi connectivity index (χ4n) is 1.14. The van der Waals surface area contributed by atoms with Crippen molar-refractivity contribution < 1.29 is 30.7 Å². The van der Waals surface area contributed by atoms with Gasteiger partial charge in [-0.25, -0.2) is 4.39 Å². The van der Waals surface area contributed by atoms with Gasteiger partial charge < -0.3 is 0 Å². The van der Waals surface area contributed by atoms with Crippen LogP contribution in [0.5, 0.6) is 0 Å². The third kappa shape index (κ3) is 2.45. The fourth-order valence-corrected chi connectivity index (χ4v) is 1.43. The first-order valence-electron chi connectivity index (χ1n) is 4.30. The third-order valence-corrected chi connectivity index (χ3v) is 2.54. The van der Waals surface area contributed by atoms with Crippen molar-refractivity contribution in [3.8, 4) is 0 Å². The molecule has 0 bridgehead atoms. The summed E-state index contributed by atoms with van der Waals surface area (Å²) in [5.41, 5.74) is -7.51. The number of pyridine rings is 1. The predicted octanol–water partition coefficient (Wildman–Crippen LogP) is 4.07. The Hall–Kier alpha value is -0.860. The molecule has 0 aliphatic carbocycles. The van der Waals surface area contributed by atoms with Gasteiger partial charge in [0.25, 0.3) is 0 Å². The third-order valence-electron chi connectivity index (χ3n) is 2.01. The lowest BCUT2D eigenvalue weighted by Crippen LogP contribution is -2.51. The molecule has 9 heteroatoms. The SMILES string of the molecule is FC(F)(F)C(F)(c1cc[c]c(CBr)n1)C(F)(F)F. The molecule has 1 nitrogen and oxygen atoms in total. The van der Waals surface area contributed by atoms with Crippen molar-refractivity contribution in [2.24, 2.45) is 0 Å². The molecule has 0 aliphatic heterocycles. The van der Waals surface area contributed by atoms with Crippen LogP contribution in [-0.4, -0.2) is 17.3 Å². The minimum atomic E-state index is -6.15. The van der Waals surface area contributed by atoms with Gasteiger partial charge in [0.1, 0.15) is 0 Å². The molecule has 1 heterocycles. The van der Waals surface area contributed by atoms with Gasteiger partial charge in [-0.3, -0.25) is 4.98 Å². The summed E-state index contributed by atoms with van der Waals surface area (Å²) in [6.45, 7) is 0. The molecule has 0 spiro atoms. The van der Waals surface area contributed by atoms with Gasteiger partial charge in [-0.1, -0.05) is 22.0 Å². The van der Waals surface area contributed by atoms with Gasteiger partial charge in [-0.15, -0.1) is 0 Å². The number of halogens is 8. The maximum absolute atomic E-state index is 13.5. The molecule has 1 aromatic heterocycles. The van der Waals surface area contributed by atoms with E-state index in [-0.39, 0.29) is 11.0 Å². The lowest BCUT2D eigenvalue weighted by molar-refractivity contribution is -0.350. The van der Waals surface area contributed by atoms with E-state index in [1.54, 1.807) is 0 Å². The highest BCUT2D eigenvalue weighted by Crippen LogP contribution is 2.52. The van der Waals surface area contributed by atoms with E-state index in [1.807, 2.05) is 0 Å². The molecule has 0 aliphatic rings. The van der Waals surface area contributed by atoms with Crippen LogP contribution in [0.1, 0.15) is 11.4 Å². The monoisotopic (exact) mass is 338 g/mol. The molecule has 0 atom stereocenters. The Kier molecular flexibility index (Phi) is 3.94. The fraction of sp³-hybridized carbons (Fsp3) is 0.444. The number of hydrogen-bond donors (Lipinski definition) is 0. The largest absolute Gasteiger partial charge is 0.437 e. The summed E-state index contributed by atoms with van der Waals surface area (Å²) >= 11 is 2.78. The standard InChI is InChI=1S/C9H4BrF7N/c10-4-5-2-1-3-6(18-5)7(11,8(12,13)14)9(15,16)17/h1,3H,4H2. The normalized spacial score (nSPS) is 13.8. The molecule has 0 amide bonds. The maximum atomic E-state index is 13.5. The van der Waals surface area contributed by atoms with E-state index in [0.717, 1.165) is 6.07 Å². The van der Waals surface area contributed by atoms with Crippen molar-refractivity contribution in [2.45, 2.75) is 23.4 Å². The molecule has 18 heavy (non-hydrogen) atoms. The number of nitrogens with zero attached hydrogens (tertiary/aromatic N) is 1. The summed E-state index contributed by atoms with van der Waals surface area (Å²) < 4.78 is 87.7. The van der Waals surface area contributed by atoms with Crippen molar-refractivity contribution in [1.29, 1.82) is 0 Å². The first kappa shape index (κ1) is 15.2. The summed E-state index contributed by atoms with van der Waals surface area (Å²) in [5.74, 6) is 0. The first-order chi connectivity index (χ1) is 8.04. The Morgan fingerprint density at radius 2 is 1.56 bits per heavy atom. The topological polar surface area (TPSA) is 12.9 Å². The highest BCUT2D eigenvalue weighted by Gasteiger charge is 2.74. The Morgan fingerprint density at radius 3 is 1.94 bits per heavy atom. The molecule has 0 unspecified atom stereocenters. The molecule has 0 N–H and O–H groups in total. The van der Waals surface area contributed by atoms with E-state index in [2.05, 4.69) is 27.0 Å². The van der Waals surface area contributed by atoms with Crippen LogP contribution in [0.3, 0.4) is 0 Å². The zero-order chi connectivity index (χ0) is 14.2. The summed E-state index contributed by atoms with van der Waals surface area (Å²) in [4.78, 5) is 2.98. The number of aromatic nitrogens is 1. The second kappa shape index (κ2) is 4.67. The van der Waals surface area contributed by atoms with Crippen molar-refractivity contribution >= 4 is 15.9 Å². The summed E-state index contributed by atoms with van der Waals surface area (Å²) in [6.07, 6.45) is -12.3. The van der Waals surface area contributed by atoms with Crippen LogP contribution in [0.2, 0.25) is 0 Å². The van der Waals surface area contributed by atoms with Crippen LogP contribution < -0.4 is 0 Å². The second-order valence-electron chi connectivity index (χ2n) is 3.21. The Labute approximate surface area is 105 Å². The molecular formula is C9H4BrF7N. The van der Waals surface area contributed by atoms with E-state index in [4.69, 9.17) is 0 Å². The minimum Gasteiger partial charge on any atom is -0.252 e. The van der Waals surface area contributed by atoms with Crippen LogP contribution in [0.15, 0.2) is 12.1 Å². The maximum Gasteiger partial charge on any atom is 0.437 e. The quantitative estimate of drug-likeness (QED) is 0.585. The Bertz CT molecular complexity index is 412. The highest BCUT2D eigenvalue weighted by molar-refractivity contribution is 9.08. The van der Waals surface area contributed by atoms with Crippen LogP contribution in [0.25, 0.3) is 0 Å². The van der Waals surface area contributed by atoms with Gasteiger partial charge in [0.15, 0.2) is 0 Å². The van der Waals surface area contributed by atoms with E-state index in [9.17, 15) is 30.7 Å². The zero-order valence-corrected chi connectivity index (χ0v) is 9.92. The van der Waals surface area contributed by atoms with E-state index < -0.39 is 23.7 Å². The molecule has 0 saturated heterocycles. The van der Waals surface area contributed by atoms with E-state index >= 15 is 0 Å². The second-order valence-corrected chi connectivity index (χ2v) is 3.77. The van der Waals surface area contributed by atoms with E-state index in [1.165, 1.54) is 0 Å². The molecule has 0 fully saturated rings. The minimum absolute atomic E-state index is 0.146. The van der Waals surface area contributed by atoms with Gasteiger partial charge >= 0.3 is 18.0 Å². The lowest BCUT2D eigenvalue weighted by Gasteiger charge is -2.29. The van der Waals surface area contributed by atoms with Crippen molar-refractivity contribution in [2.75, 3.05) is 0 Å². The smallest absolute Gasteiger partial charge is 0.252 e. The first-order valence-corrected chi connectivity index (χ1v) is 5.42. The van der Waals surface area contributed by atoms with Gasteiger partial charge in [0, 0.05) is 11.4 Å². The average molecular weight is 339 g/mol. The van der Waals surface area contributed by atoms with Crippen molar-refractivity contribution in [3.05, 3.63) is 29.6 Å². The lowest BCUT2D eigenvalue weighted by atomic mass is 9.99. The van der Waals surface area contributed by atoms with Crippen molar-refractivity contribution in [1.82, 2.24) is 4.98 Å². The van der Waals surface area contributed by atoms with Crippen LogP contribution in [-0.2, 0) is 11.0 Å². The predicted molar refractivity (Wildman–Crippen MR) is 50.6 cm³/mol. The molecule has 0 aromatic carbocycles. The Morgan fingerprint density at radius 1 is 1.06 bits per heavy atom. The molecule has 101 valence electrons. The van der Waals surface area contributed by atoms with E-state index in [0.29, 0.717) is 6.07 Å². The highest BCUT2D eigenvalue weighted by atomic mass is 79.9. The zero-order valence-electron chi connectivity index (χ0n) is 8.33. The van der Waals surface area contributed by atoms with Crippen LogP contribution >= 0.6 is 15.9 Å². The average Bonchev–Trinajstić information content (AvgIpc) is 2.25. The summed E-state index contributed by atoms with van der Waals surface area (Å²) in [6, 6.07) is 3.33. The van der Waals surface area contributed by atoms with Gasteiger partial charge in [0.2, 0.25) is 0 Å². The molecule has 1 rings (SSSR count). The molecule has 1 aromatic rings. The molecular weight excluding hydrogens is 335 g/mol. The number of hydrogen-bond acceptors (Lipinski definition) is 1. The Balaban J connectivity index is 3.45.